The van der Waals surface area contributed by atoms with Gasteiger partial charge in [0, 0.05) is 11.8 Å². The van der Waals surface area contributed by atoms with Gasteiger partial charge in [-0.3, -0.25) is 4.79 Å². The first-order valence-corrected chi connectivity index (χ1v) is 8.51. The van der Waals surface area contributed by atoms with Gasteiger partial charge in [0.15, 0.2) is 5.78 Å². The van der Waals surface area contributed by atoms with Crippen LogP contribution in [0.4, 0.5) is 0 Å². The lowest BCUT2D eigenvalue weighted by Gasteiger charge is -2.10. The molecule has 128 valence electrons. The summed E-state index contributed by atoms with van der Waals surface area (Å²) in [4.78, 5) is 19.0. The minimum Gasteiger partial charge on any atom is -0.477 e. The molecule has 24 heavy (non-hydrogen) atoms. The summed E-state index contributed by atoms with van der Waals surface area (Å²) in [5.74, 6) is 0.379. The SMILES string of the molecule is CN(C)CCCCCCOc1ncccc1C(=O)c1ccccc1. The first-order chi connectivity index (χ1) is 11.7. The van der Waals surface area contributed by atoms with Crippen LogP contribution in [0.2, 0.25) is 0 Å². The number of hydrogen-bond donors (Lipinski definition) is 0. The van der Waals surface area contributed by atoms with Crippen molar-refractivity contribution in [3.8, 4) is 5.88 Å². The van der Waals surface area contributed by atoms with Crippen molar-refractivity contribution >= 4 is 5.78 Å². The average molecular weight is 326 g/mol. The zero-order chi connectivity index (χ0) is 17.2. The Balaban J connectivity index is 1.85. The number of benzene rings is 1. The van der Waals surface area contributed by atoms with Crippen LogP contribution in [0.5, 0.6) is 5.88 Å². The lowest BCUT2D eigenvalue weighted by molar-refractivity contribution is 0.103. The van der Waals surface area contributed by atoms with Crippen LogP contribution in [-0.2, 0) is 0 Å². The zero-order valence-corrected chi connectivity index (χ0v) is 14.6. The molecule has 0 unspecified atom stereocenters. The van der Waals surface area contributed by atoms with E-state index in [-0.39, 0.29) is 5.78 Å². The highest BCUT2D eigenvalue weighted by Gasteiger charge is 2.15. The van der Waals surface area contributed by atoms with Gasteiger partial charge in [-0.15, -0.1) is 0 Å². The lowest BCUT2D eigenvalue weighted by atomic mass is 10.0. The molecule has 0 N–H and O–H groups in total. The van der Waals surface area contributed by atoms with Gasteiger partial charge in [0.25, 0.3) is 0 Å². The Hall–Kier alpha value is -2.20. The number of rotatable bonds is 10. The molecule has 0 fully saturated rings. The molecule has 1 heterocycles. The summed E-state index contributed by atoms with van der Waals surface area (Å²) in [6.45, 7) is 1.71. The van der Waals surface area contributed by atoms with Crippen molar-refractivity contribution < 1.29 is 9.53 Å². The molecule has 4 heteroatoms. The van der Waals surface area contributed by atoms with Crippen molar-refractivity contribution in [2.24, 2.45) is 0 Å². The first kappa shape index (κ1) is 18.1. The lowest BCUT2D eigenvalue weighted by Crippen LogP contribution is -2.12. The second kappa shape index (κ2) is 9.83. The predicted molar refractivity (Wildman–Crippen MR) is 96.6 cm³/mol. The summed E-state index contributed by atoms with van der Waals surface area (Å²) in [6, 6.07) is 12.8. The molecule has 0 bridgehead atoms. The third-order valence-electron chi connectivity index (χ3n) is 3.79. The fourth-order valence-corrected chi connectivity index (χ4v) is 2.48. The molecule has 4 nitrogen and oxygen atoms in total. The van der Waals surface area contributed by atoms with Gasteiger partial charge in [-0.1, -0.05) is 43.2 Å². The number of unbranched alkanes of at least 4 members (excludes halogenated alkanes) is 3. The monoisotopic (exact) mass is 326 g/mol. The normalized spacial score (nSPS) is 10.8. The highest BCUT2D eigenvalue weighted by Crippen LogP contribution is 2.19. The van der Waals surface area contributed by atoms with Gasteiger partial charge in [-0.2, -0.15) is 0 Å². The van der Waals surface area contributed by atoms with Crippen LogP contribution in [0, 0.1) is 0 Å². The van der Waals surface area contributed by atoms with Gasteiger partial charge in [0.2, 0.25) is 5.88 Å². The maximum atomic E-state index is 12.6. The number of ether oxygens (including phenoxy) is 1. The van der Waals surface area contributed by atoms with Crippen molar-refractivity contribution in [1.29, 1.82) is 0 Å². The fourth-order valence-electron chi connectivity index (χ4n) is 2.48. The molecule has 0 spiro atoms. The Morgan fingerprint density at radius 3 is 2.50 bits per heavy atom. The van der Waals surface area contributed by atoms with E-state index in [0.717, 1.165) is 19.4 Å². The largest absolute Gasteiger partial charge is 0.477 e. The summed E-state index contributed by atoms with van der Waals surface area (Å²) in [5, 5.41) is 0. The quantitative estimate of drug-likeness (QED) is 0.492. The molecule has 1 aromatic heterocycles. The van der Waals surface area contributed by atoms with Crippen LogP contribution in [0.1, 0.15) is 41.6 Å². The molecular formula is C20H26N2O2. The van der Waals surface area contributed by atoms with Gasteiger partial charge < -0.3 is 9.64 Å². The molecule has 0 saturated carbocycles. The highest BCUT2D eigenvalue weighted by molar-refractivity contribution is 6.10. The molecule has 0 aliphatic heterocycles. The summed E-state index contributed by atoms with van der Waals surface area (Å²) in [7, 11) is 4.19. The van der Waals surface area contributed by atoms with E-state index < -0.39 is 0 Å². The number of carbonyl (C=O) groups is 1. The summed E-state index contributed by atoms with van der Waals surface area (Å²) in [6.07, 6.45) is 6.16. The van der Waals surface area contributed by atoms with Crippen molar-refractivity contribution in [3.05, 3.63) is 59.8 Å². The number of carbonyl (C=O) groups excluding carboxylic acids is 1. The van der Waals surface area contributed by atoms with E-state index in [9.17, 15) is 4.79 Å². The van der Waals surface area contributed by atoms with Crippen LogP contribution >= 0.6 is 0 Å². The molecule has 2 rings (SSSR count). The van der Waals surface area contributed by atoms with Crippen LogP contribution in [0.3, 0.4) is 0 Å². The van der Waals surface area contributed by atoms with Crippen molar-refractivity contribution in [1.82, 2.24) is 9.88 Å². The third-order valence-corrected chi connectivity index (χ3v) is 3.79. The Labute approximate surface area is 144 Å². The smallest absolute Gasteiger partial charge is 0.224 e. The van der Waals surface area contributed by atoms with Crippen LogP contribution in [0.25, 0.3) is 0 Å². The Kier molecular flexibility index (Phi) is 7.43. The van der Waals surface area contributed by atoms with E-state index in [4.69, 9.17) is 4.74 Å². The van der Waals surface area contributed by atoms with E-state index in [1.54, 1.807) is 18.3 Å². The molecule has 2 aromatic rings. The number of hydrogen-bond acceptors (Lipinski definition) is 4. The van der Waals surface area contributed by atoms with Crippen LogP contribution in [0.15, 0.2) is 48.7 Å². The molecule has 1 aromatic carbocycles. The zero-order valence-electron chi connectivity index (χ0n) is 14.6. The minimum absolute atomic E-state index is 0.0512. The average Bonchev–Trinajstić information content (AvgIpc) is 2.61. The summed E-state index contributed by atoms with van der Waals surface area (Å²) < 4.78 is 5.77. The molecule has 0 radical (unpaired) electrons. The molecular weight excluding hydrogens is 300 g/mol. The second-order valence-corrected chi connectivity index (χ2v) is 6.12. The topological polar surface area (TPSA) is 42.4 Å². The van der Waals surface area contributed by atoms with Gasteiger partial charge in [-0.05, 0) is 45.6 Å². The van der Waals surface area contributed by atoms with Crippen molar-refractivity contribution in [2.45, 2.75) is 25.7 Å². The molecule has 0 atom stereocenters. The number of aromatic nitrogens is 1. The Morgan fingerprint density at radius 2 is 1.75 bits per heavy atom. The van der Waals surface area contributed by atoms with Crippen molar-refractivity contribution in [2.75, 3.05) is 27.2 Å². The summed E-state index contributed by atoms with van der Waals surface area (Å²) >= 11 is 0. The van der Waals surface area contributed by atoms with Gasteiger partial charge >= 0.3 is 0 Å². The van der Waals surface area contributed by atoms with Crippen LogP contribution in [-0.4, -0.2) is 42.9 Å². The van der Waals surface area contributed by atoms with E-state index in [1.807, 2.05) is 30.3 Å². The number of nitrogens with zero attached hydrogens (tertiary/aromatic N) is 2. The van der Waals surface area contributed by atoms with Crippen LogP contribution < -0.4 is 4.74 Å². The third kappa shape index (κ3) is 5.78. The van der Waals surface area contributed by atoms with E-state index in [1.165, 1.54) is 12.8 Å². The Bertz CT molecular complexity index is 627. The predicted octanol–water partition coefficient (Wildman–Crippen LogP) is 3.81. The maximum absolute atomic E-state index is 12.6. The maximum Gasteiger partial charge on any atom is 0.224 e. The Morgan fingerprint density at radius 1 is 1.00 bits per heavy atom. The summed E-state index contributed by atoms with van der Waals surface area (Å²) in [5.41, 5.74) is 1.18. The van der Waals surface area contributed by atoms with E-state index >= 15 is 0 Å². The fraction of sp³-hybridized carbons (Fsp3) is 0.400. The minimum atomic E-state index is -0.0512. The molecule has 0 aliphatic rings. The first-order valence-electron chi connectivity index (χ1n) is 8.51. The van der Waals surface area contributed by atoms with Gasteiger partial charge in [0.05, 0.1) is 12.2 Å². The second-order valence-electron chi connectivity index (χ2n) is 6.12. The van der Waals surface area contributed by atoms with Gasteiger partial charge in [-0.25, -0.2) is 4.98 Å². The molecule has 0 aliphatic carbocycles. The van der Waals surface area contributed by atoms with E-state index in [2.05, 4.69) is 24.0 Å². The standard InChI is InChI=1S/C20H26N2O2/c1-22(2)15-8-3-4-9-16-24-20-18(13-10-14-21-20)19(23)17-11-6-5-7-12-17/h5-7,10-14H,3-4,8-9,15-16H2,1-2H3. The van der Waals surface area contributed by atoms with E-state index in [0.29, 0.717) is 23.6 Å². The molecule has 0 saturated heterocycles. The van der Waals surface area contributed by atoms with Crippen molar-refractivity contribution in [3.63, 3.8) is 0 Å². The number of ketones is 1. The highest BCUT2D eigenvalue weighted by atomic mass is 16.5. The molecule has 0 amide bonds. The van der Waals surface area contributed by atoms with Gasteiger partial charge in [0.1, 0.15) is 0 Å². The number of pyridine rings is 1.